The van der Waals surface area contributed by atoms with Gasteiger partial charge in [-0.1, -0.05) is 24.3 Å². The smallest absolute Gasteiger partial charge is 0.188 e. The predicted octanol–water partition coefficient (Wildman–Crippen LogP) is 3.68. The highest BCUT2D eigenvalue weighted by atomic mass is 16.7. The van der Waals surface area contributed by atoms with Crippen LogP contribution in [0.25, 0.3) is 10.8 Å². The monoisotopic (exact) mass is 302 g/mol. The molecular weight excluding hydrogens is 280 g/mol. The molecule has 0 atom stereocenters. The van der Waals surface area contributed by atoms with Gasteiger partial charge in [-0.05, 0) is 25.7 Å². The van der Waals surface area contributed by atoms with E-state index in [1.807, 2.05) is 12.1 Å². The van der Waals surface area contributed by atoms with Crippen molar-refractivity contribution >= 4 is 10.8 Å². The molecule has 3 rings (SSSR count). The van der Waals surface area contributed by atoms with Crippen molar-refractivity contribution in [3.63, 3.8) is 0 Å². The van der Waals surface area contributed by atoms with E-state index < -0.39 is 0 Å². The number of benzene rings is 2. The summed E-state index contributed by atoms with van der Waals surface area (Å²) in [5, 5.41) is 2.15. The zero-order valence-electron chi connectivity index (χ0n) is 13.2. The Kier molecular flexibility index (Phi) is 4.80. The lowest BCUT2D eigenvalue weighted by atomic mass is 9.87. The van der Waals surface area contributed by atoms with Gasteiger partial charge in [0.15, 0.2) is 13.6 Å². The summed E-state index contributed by atoms with van der Waals surface area (Å²) in [7, 11) is 3.29. The summed E-state index contributed by atoms with van der Waals surface area (Å²) in [6.45, 7) is 0.517. The minimum absolute atomic E-state index is 0.259. The van der Waals surface area contributed by atoms with Crippen LogP contribution in [0.15, 0.2) is 24.3 Å². The normalized spacial score (nSPS) is 13.9. The van der Waals surface area contributed by atoms with E-state index in [1.54, 1.807) is 14.2 Å². The number of rotatable bonds is 6. The van der Waals surface area contributed by atoms with Gasteiger partial charge in [-0.3, -0.25) is 0 Å². The van der Waals surface area contributed by atoms with Crippen LogP contribution in [0.2, 0.25) is 0 Å². The van der Waals surface area contributed by atoms with Gasteiger partial charge in [0.1, 0.15) is 11.5 Å². The molecular formula is C18H22O4. The van der Waals surface area contributed by atoms with E-state index in [0.717, 1.165) is 35.1 Å². The molecule has 4 nitrogen and oxygen atoms in total. The Morgan fingerprint density at radius 2 is 1.23 bits per heavy atom. The number of hydrogen-bond donors (Lipinski definition) is 0. The topological polar surface area (TPSA) is 36.9 Å². The Balaban J connectivity index is 2.20. The fraction of sp³-hybridized carbons (Fsp3) is 0.444. The Morgan fingerprint density at radius 3 is 1.64 bits per heavy atom. The van der Waals surface area contributed by atoms with E-state index in [2.05, 4.69) is 12.1 Å². The van der Waals surface area contributed by atoms with Gasteiger partial charge in [0.05, 0.1) is 0 Å². The van der Waals surface area contributed by atoms with Crippen molar-refractivity contribution in [1.82, 2.24) is 0 Å². The standard InChI is InChI=1S/C18H22O4/c1-19-11-21-17-13-7-3-5-9-15(13)18(22-12-20-2)16-10-6-4-8-14(16)17/h3,5,7,9H,4,6,8,10-12H2,1-2H3. The SMILES string of the molecule is COCOc1c2c(c(OCOC)c3ccccc13)CCCC2. The number of methoxy groups -OCH3 is 2. The summed E-state index contributed by atoms with van der Waals surface area (Å²) < 4.78 is 22.0. The lowest BCUT2D eigenvalue weighted by Crippen LogP contribution is -2.12. The molecule has 0 radical (unpaired) electrons. The molecule has 22 heavy (non-hydrogen) atoms. The molecule has 0 bridgehead atoms. The second-order valence-corrected chi connectivity index (χ2v) is 5.47. The highest BCUT2D eigenvalue weighted by molar-refractivity contribution is 5.96. The molecule has 0 amide bonds. The van der Waals surface area contributed by atoms with Crippen molar-refractivity contribution < 1.29 is 18.9 Å². The third-order valence-corrected chi connectivity index (χ3v) is 4.07. The summed E-state index contributed by atoms with van der Waals surface area (Å²) in [6, 6.07) is 8.21. The van der Waals surface area contributed by atoms with Gasteiger partial charge in [0, 0.05) is 36.1 Å². The van der Waals surface area contributed by atoms with Crippen molar-refractivity contribution in [2.45, 2.75) is 25.7 Å². The van der Waals surface area contributed by atoms with Gasteiger partial charge < -0.3 is 18.9 Å². The van der Waals surface area contributed by atoms with Gasteiger partial charge >= 0.3 is 0 Å². The van der Waals surface area contributed by atoms with Crippen LogP contribution in [0.1, 0.15) is 24.0 Å². The first kappa shape index (κ1) is 15.1. The molecule has 1 aliphatic carbocycles. The Labute approximate surface area is 130 Å². The second kappa shape index (κ2) is 6.99. The van der Waals surface area contributed by atoms with Gasteiger partial charge in [-0.25, -0.2) is 0 Å². The van der Waals surface area contributed by atoms with E-state index in [4.69, 9.17) is 18.9 Å². The van der Waals surface area contributed by atoms with Gasteiger partial charge in [0.25, 0.3) is 0 Å². The third-order valence-electron chi connectivity index (χ3n) is 4.07. The molecule has 0 saturated heterocycles. The highest BCUT2D eigenvalue weighted by Crippen LogP contribution is 2.44. The predicted molar refractivity (Wildman–Crippen MR) is 85.6 cm³/mol. The first-order chi connectivity index (χ1) is 10.9. The van der Waals surface area contributed by atoms with Crippen LogP contribution in [0.4, 0.5) is 0 Å². The molecule has 0 spiro atoms. The van der Waals surface area contributed by atoms with E-state index >= 15 is 0 Å². The van der Waals surface area contributed by atoms with E-state index in [1.165, 1.54) is 24.0 Å². The number of hydrogen-bond acceptors (Lipinski definition) is 4. The van der Waals surface area contributed by atoms with Crippen LogP contribution in [0.5, 0.6) is 11.5 Å². The molecule has 4 heteroatoms. The first-order valence-corrected chi connectivity index (χ1v) is 7.66. The summed E-state index contributed by atoms with van der Waals surface area (Å²) in [4.78, 5) is 0. The molecule has 0 heterocycles. The van der Waals surface area contributed by atoms with E-state index in [9.17, 15) is 0 Å². The Hall–Kier alpha value is -1.78. The van der Waals surface area contributed by atoms with Crippen LogP contribution < -0.4 is 9.47 Å². The van der Waals surface area contributed by atoms with Gasteiger partial charge in [-0.15, -0.1) is 0 Å². The van der Waals surface area contributed by atoms with Crippen LogP contribution in [0.3, 0.4) is 0 Å². The third kappa shape index (κ3) is 2.76. The van der Waals surface area contributed by atoms with Crippen molar-refractivity contribution in [2.24, 2.45) is 0 Å². The summed E-state index contributed by atoms with van der Waals surface area (Å²) >= 11 is 0. The van der Waals surface area contributed by atoms with Gasteiger partial charge in [-0.2, -0.15) is 0 Å². The maximum Gasteiger partial charge on any atom is 0.188 e. The van der Waals surface area contributed by atoms with Crippen LogP contribution >= 0.6 is 0 Å². The Bertz CT molecular complexity index is 595. The number of fused-ring (bicyclic) bond motifs is 2. The molecule has 1 aliphatic rings. The summed E-state index contributed by atoms with van der Waals surface area (Å²) in [6.07, 6.45) is 4.39. The summed E-state index contributed by atoms with van der Waals surface area (Å²) in [5.41, 5.74) is 2.52. The summed E-state index contributed by atoms with van der Waals surface area (Å²) in [5.74, 6) is 1.88. The minimum Gasteiger partial charge on any atom is -0.467 e. The first-order valence-electron chi connectivity index (χ1n) is 7.66. The average molecular weight is 302 g/mol. The molecule has 0 fully saturated rings. The van der Waals surface area contributed by atoms with E-state index in [0.29, 0.717) is 0 Å². The molecule has 0 aromatic heterocycles. The molecule has 2 aromatic carbocycles. The molecule has 2 aromatic rings. The Morgan fingerprint density at radius 1 is 0.773 bits per heavy atom. The quantitative estimate of drug-likeness (QED) is 0.763. The van der Waals surface area contributed by atoms with E-state index in [-0.39, 0.29) is 13.6 Å². The van der Waals surface area contributed by atoms with Crippen molar-refractivity contribution in [3.8, 4) is 11.5 Å². The zero-order chi connectivity index (χ0) is 15.4. The van der Waals surface area contributed by atoms with Crippen LogP contribution in [-0.4, -0.2) is 27.8 Å². The molecule has 0 unspecified atom stereocenters. The fourth-order valence-corrected chi connectivity index (χ4v) is 3.18. The van der Waals surface area contributed by atoms with Gasteiger partial charge in [0.2, 0.25) is 0 Å². The lowest BCUT2D eigenvalue weighted by molar-refractivity contribution is 0.0486. The van der Waals surface area contributed by atoms with Crippen molar-refractivity contribution in [3.05, 3.63) is 35.4 Å². The molecule has 0 aliphatic heterocycles. The van der Waals surface area contributed by atoms with Crippen molar-refractivity contribution in [2.75, 3.05) is 27.8 Å². The average Bonchev–Trinajstić information content (AvgIpc) is 2.58. The van der Waals surface area contributed by atoms with Crippen LogP contribution in [-0.2, 0) is 22.3 Å². The molecule has 0 N–H and O–H groups in total. The minimum atomic E-state index is 0.259. The highest BCUT2D eigenvalue weighted by Gasteiger charge is 2.23. The number of ether oxygens (including phenoxy) is 4. The second-order valence-electron chi connectivity index (χ2n) is 5.47. The maximum absolute atomic E-state index is 5.92. The zero-order valence-corrected chi connectivity index (χ0v) is 13.2. The molecule has 118 valence electrons. The largest absolute Gasteiger partial charge is 0.467 e. The van der Waals surface area contributed by atoms with Crippen molar-refractivity contribution in [1.29, 1.82) is 0 Å². The fourth-order valence-electron chi connectivity index (χ4n) is 3.18. The maximum atomic E-state index is 5.92. The lowest BCUT2D eigenvalue weighted by Gasteiger charge is -2.25. The van der Waals surface area contributed by atoms with Crippen LogP contribution in [0, 0.1) is 0 Å². The molecule has 0 saturated carbocycles.